The molecule has 1 N–H and O–H groups in total. The molecular formula is C16H21N3O2. The van der Waals surface area contributed by atoms with Crippen LogP contribution in [0, 0.1) is 5.92 Å². The van der Waals surface area contributed by atoms with Crippen molar-refractivity contribution in [2.75, 3.05) is 31.1 Å². The van der Waals surface area contributed by atoms with Gasteiger partial charge in [0.2, 0.25) is 11.8 Å². The molecule has 0 aromatic heterocycles. The summed E-state index contributed by atoms with van der Waals surface area (Å²) in [5.74, 6) is 0.205. The van der Waals surface area contributed by atoms with Crippen LogP contribution in [-0.2, 0) is 9.59 Å². The number of benzene rings is 1. The second kappa shape index (κ2) is 5.85. The lowest BCUT2D eigenvalue weighted by molar-refractivity contribution is -0.142. The fourth-order valence-corrected chi connectivity index (χ4v) is 3.05. The summed E-state index contributed by atoms with van der Waals surface area (Å²) >= 11 is 0. The third-order valence-electron chi connectivity index (χ3n) is 4.38. The van der Waals surface area contributed by atoms with Gasteiger partial charge in [0.25, 0.3) is 0 Å². The zero-order valence-electron chi connectivity index (χ0n) is 12.3. The Morgan fingerprint density at radius 3 is 2.62 bits per heavy atom. The van der Waals surface area contributed by atoms with Gasteiger partial charge >= 0.3 is 0 Å². The Morgan fingerprint density at radius 2 is 2.05 bits per heavy atom. The van der Waals surface area contributed by atoms with E-state index < -0.39 is 0 Å². The molecule has 1 aromatic carbocycles. The minimum Gasteiger partial charge on any atom is -0.331 e. The molecule has 2 saturated heterocycles. The number of hydrogen-bond acceptors (Lipinski definition) is 3. The summed E-state index contributed by atoms with van der Waals surface area (Å²) in [6.45, 7) is 4.69. The number of carbonyl (C=O) groups excluding carboxylic acids is 2. The molecule has 0 spiro atoms. The number of likely N-dealkylation sites (N-methyl/N-ethyl adjacent to an activating group) is 1. The maximum absolute atomic E-state index is 12.7. The van der Waals surface area contributed by atoms with Crippen LogP contribution in [0.15, 0.2) is 30.3 Å². The lowest BCUT2D eigenvalue weighted by Gasteiger charge is -2.34. The average molecular weight is 287 g/mol. The quantitative estimate of drug-likeness (QED) is 0.893. The van der Waals surface area contributed by atoms with Crippen molar-refractivity contribution >= 4 is 17.5 Å². The first-order chi connectivity index (χ1) is 10.2. The van der Waals surface area contributed by atoms with Gasteiger partial charge in [-0.15, -0.1) is 0 Å². The molecule has 1 unspecified atom stereocenters. The van der Waals surface area contributed by atoms with Crippen LogP contribution in [-0.4, -0.2) is 48.9 Å². The minimum atomic E-state index is -0.302. The molecule has 5 heteroatoms. The van der Waals surface area contributed by atoms with Crippen molar-refractivity contribution < 1.29 is 9.59 Å². The van der Waals surface area contributed by atoms with Crippen LogP contribution >= 0.6 is 0 Å². The number of nitrogens with one attached hydrogen (secondary N) is 1. The SMILES string of the molecule is CCN(C(=O)C1CNC1)C1CCN(c2ccccc2)C1=O. The summed E-state index contributed by atoms with van der Waals surface area (Å²) in [5, 5.41) is 3.11. The first-order valence-corrected chi connectivity index (χ1v) is 7.60. The summed E-state index contributed by atoms with van der Waals surface area (Å²) in [6.07, 6.45) is 0.716. The van der Waals surface area contributed by atoms with Gasteiger partial charge in [-0.05, 0) is 25.5 Å². The van der Waals surface area contributed by atoms with Crippen LogP contribution < -0.4 is 10.2 Å². The van der Waals surface area contributed by atoms with Crippen molar-refractivity contribution in [3.8, 4) is 0 Å². The summed E-state index contributed by atoms with van der Waals surface area (Å²) in [7, 11) is 0. The topological polar surface area (TPSA) is 52.7 Å². The van der Waals surface area contributed by atoms with Crippen molar-refractivity contribution in [1.29, 1.82) is 0 Å². The molecule has 112 valence electrons. The third kappa shape index (κ3) is 2.53. The molecule has 1 aromatic rings. The molecule has 3 rings (SSSR count). The molecule has 2 heterocycles. The van der Waals surface area contributed by atoms with Gasteiger partial charge in [-0.1, -0.05) is 18.2 Å². The van der Waals surface area contributed by atoms with E-state index in [-0.39, 0.29) is 23.8 Å². The maximum atomic E-state index is 12.7. The minimum absolute atomic E-state index is 0.0449. The van der Waals surface area contributed by atoms with E-state index in [4.69, 9.17) is 0 Å². The molecule has 0 radical (unpaired) electrons. The maximum Gasteiger partial charge on any atom is 0.249 e. The van der Waals surface area contributed by atoms with E-state index >= 15 is 0 Å². The van der Waals surface area contributed by atoms with E-state index in [9.17, 15) is 9.59 Å². The Balaban J connectivity index is 1.74. The molecule has 1 atom stereocenters. The van der Waals surface area contributed by atoms with E-state index in [1.54, 1.807) is 9.80 Å². The lowest BCUT2D eigenvalue weighted by atomic mass is 10.0. The van der Waals surface area contributed by atoms with Crippen LogP contribution in [0.2, 0.25) is 0 Å². The summed E-state index contributed by atoms with van der Waals surface area (Å²) < 4.78 is 0. The summed E-state index contributed by atoms with van der Waals surface area (Å²) in [5.41, 5.74) is 0.916. The van der Waals surface area contributed by atoms with E-state index in [1.165, 1.54) is 0 Å². The summed E-state index contributed by atoms with van der Waals surface area (Å²) in [4.78, 5) is 28.7. The smallest absolute Gasteiger partial charge is 0.249 e. The highest BCUT2D eigenvalue weighted by atomic mass is 16.2. The van der Waals surface area contributed by atoms with Crippen LogP contribution in [0.5, 0.6) is 0 Å². The molecule has 5 nitrogen and oxygen atoms in total. The predicted octanol–water partition coefficient (Wildman–Crippen LogP) is 0.860. The Labute approximate surface area is 124 Å². The monoisotopic (exact) mass is 287 g/mol. The van der Waals surface area contributed by atoms with Crippen molar-refractivity contribution in [2.24, 2.45) is 5.92 Å². The van der Waals surface area contributed by atoms with Crippen molar-refractivity contribution in [1.82, 2.24) is 10.2 Å². The van der Waals surface area contributed by atoms with Crippen molar-refractivity contribution in [2.45, 2.75) is 19.4 Å². The highest BCUT2D eigenvalue weighted by Crippen LogP contribution is 2.25. The molecular weight excluding hydrogens is 266 g/mol. The van der Waals surface area contributed by atoms with Gasteiger partial charge in [-0.25, -0.2) is 0 Å². The molecule has 0 aliphatic carbocycles. The average Bonchev–Trinajstić information content (AvgIpc) is 2.81. The van der Waals surface area contributed by atoms with E-state index in [2.05, 4.69) is 5.32 Å². The molecule has 0 saturated carbocycles. The van der Waals surface area contributed by atoms with Crippen LogP contribution in [0.25, 0.3) is 0 Å². The fourth-order valence-electron chi connectivity index (χ4n) is 3.05. The zero-order valence-corrected chi connectivity index (χ0v) is 12.3. The van der Waals surface area contributed by atoms with Crippen LogP contribution in [0.1, 0.15) is 13.3 Å². The molecule has 0 bridgehead atoms. The Morgan fingerprint density at radius 1 is 1.33 bits per heavy atom. The van der Waals surface area contributed by atoms with Gasteiger partial charge < -0.3 is 15.1 Å². The number of hydrogen-bond donors (Lipinski definition) is 1. The predicted molar refractivity (Wildman–Crippen MR) is 80.9 cm³/mol. The van der Waals surface area contributed by atoms with Crippen molar-refractivity contribution in [3.63, 3.8) is 0 Å². The van der Waals surface area contributed by atoms with Gasteiger partial charge in [-0.3, -0.25) is 9.59 Å². The van der Waals surface area contributed by atoms with Gasteiger partial charge in [0.1, 0.15) is 6.04 Å². The Kier molecular flexibility index (Phi) is 3.92. The normalized spacial score (nSPS) is 22.2. The lowest BCUT2D eigenvalue weighted by Crippen LogP contribution is -2.55. The number of carbonyl (C=O) groups is 2. The van der Waals surface area contributed by atoms with E-state index in [0.717, 1.165) is 18.8 Å². The first kappa shape index (κ1) is 14.1. The zero-order chi connectivity index (χ0) is 14.8. The number of amides is 2. The molecule has 2 aliphatic heterocycles. The van der Waals surface area contributed by atoms with Crippen LogP contribution in [0.3, 0.4) is 0 Å². The first-order valence-electron chi connectivity index (χ1n) is 7.60. The number of anilines is 1. The largest absolute Gasteiger partial charge is 0.331 e. The van der Waals surface area contributed by atoms with Gasteiger partial charge in [0.05, 0.1) is 5.92 Å². The standard InChI is InChI=1S/C16H21N3O2/c1-2-18(15(20)12-10-17-11-12)14-8-9-19(16(14)21)13-6-4-3-5-7-13/h3-7,12,14,17H,2,8-11H2,1H3. The van der Waals surface area contributed by atoms with E-state index in [0.29, 0.717) is 19.5 Å². The molecule has 2 amide bonds. The number of para-hydroxylation sites is 1. The summed E-state index contributed by atoms with van der Waals surface area (Å²) in [6, 6.07) is 9.37. The van der Waals surface area contributed by atoms with Crippen LogP contribution in [0.4, 0.5) is 5.69 Å². The Bertz CT molecular complexity index is 528. The Hall–Kier alpha value is -1.88. The van der Waals surface area contributed by atoms with Gasteiger partial charge in [-0.2, -0.15) is 0 Å². The van der Waals surface area contributed by atoms with Crippen molar-refractivity contribution in [3.05, 3.63) is 30.3 Å². The highest BCUT2D eigenvalue weighted by molar-refractivity contribution is 6.01. The second-order valence-electron chi connectivity index (χ2n) is 5.61. The highest BCUT2D eigenvalue weighted by Gasteiger charge is 2.40. The number of nitrogens with zero attached hydrogens (tertiary/aromatic N) is 2. The number of rotatable bonds is 4. The third-order valence-corrected chi connectivity index (χ3v) is 4.38. The van der Waals surface area contributed by atoms with Gasteiger partial charge in [0.15, 0.2) is 0 Å². The fraction of sp³-hybridized carbons (Fsp3) is 0.500. The molecule has 21 heavy (non-hydrogen) atoms. The van der Waals surface area contributed by atoms with E-state index in [1.807, 2.05) is 37.3 Å². The van der Waals surface area contributed by atoms with Gasteiger partial charge in [0, 0.05) is 31.9 Å². The second-order valence-corrected chi connectivity index (χ2v) is 5.61. The molecule has 2 aliphatic rings. The molecule has 2 fully saturated rings.